The van der Waals surface area contributed by atoms with Crippen molar-refractivity contribution in [1.82, 2.24) is 4.72 Å². The highest BCUT2D eigenvalue weighted by molar-refractivity contribution is 7.83. The molecule has 78 valence electrons. The number of hydrogen-bond donors (Lipinski definition) is 1. The van der Waals surface area contributed by atoms with Gasteiger partial charge in [-0.3, -0.25) is 0 Å². The Hall–Kier alpha value is -1.19. The Bertz CT molecular complexity index is 496. The van der Waals surface area contributed by atoms with E-state index in [2.05, 4.69) is 10.8 Å². The molecule has 2 aromatic carbocycles. The summed E-state index contributed by atoms with van der Waals surface area (Å²) in [6, 6.07) is 13.9. The van der Waals surface area contributed by atoms with E-state index in [4.69, 9.17) is 0 Å². The first-order valence-electron chi connectivity index (χ1n) is 4.95. The maximum absolute atomic E-state index is 11.7. The van der Waals surface area contributed by atoms with Gasteiger partial charge in [0.2, 0.25) is 0 Å². The van der Waals surface area contributed by atoms with E-state index in [0.717, 1.165) is 10.3 Å². The first kappa shape index (κ1) is 10.3. The molecule has 0 aromatic heterocycles. The molecular weight excluding hydrogens is 206 g/mol. The van der Waals surface area contributed by atoms with Crippen molar-refractivity contribution < 1.29 is 4.21 Å². The van der Waals surface area contributed by atoms with E-state index in [0.29, 0.717) is 6.54 Å². The fourth-order valence-corrected chi connectivity index (χ4v) is 2.35. The molecule has 0 aliphatic carbocycles. The number of nitrogens with one attached hydrogen (secondary N) is 1. The molecule has 0 heterocycles. The van der Waals surface area contributed by atoms with Gasteiger partial charge in [-0.05, 0) is 22.9 Å². The van der Waals surface area contributed by atoms with E-state index >= 15 is 0 Å². The van der Waals surface area contributed by atoms with Crippen molar-refractivity contribution in [3.63, 3.8) is 0 Å². The monoisotopic (exact) mass is 219 g/mol. The summed E-state index contributed by atoms with van der Waals surface area (Å²) in [5.74, 6) is 0. The molecule has 0 fully saturated rings. The van der Waals surface area contributed by atoms with Gasteiger partial charge in [0.25, 0.3) is 0 Å². The highest BCUT2D eigenvalue weighted by Gasteiger charge is 2.02. The van der Waals surface area contributed by atoms with Crippen LogP contribution in [-0.4, -0.2) is 10.8 Å². The Kier molecular flexibility index (Phi) is 3.14. The molecule has 2 rings (SSSR count). The third-order valence-electron chi connectivity index (χ3n) is 2.21. The van der Waals surface area contributed by atoms with E-state index in [-0.39, 0.29) is 0 Å². The van der Waals surface area contributed by atoms with Crippen LogP contribution in [0.25, 0.3) is 10.8 Å². The van der Waals surface area contributed by atoms with Gasteiger partial charge in [0, 0.05) is 6.54 Å². The summed E-state index contributed by atoms with van der Waals surface area (Å²) in [6.07, 6.45) is 0. The van der Waals surface area contributed by atoms with Crippen LogP contribution in [0.1, 0.15) is 6.92 Å². The van der Waals surface area contributed by atoms with Crippen LogP contribution in [-0.2, 0) is 11.0 Å². The van der Waals surface area contributed by atoms with Crippen LogP contribution in [0.4, 0.5) is 0 Å². The molecule has 15 heavy (non-hydrogen) atoms. The van der Waals surface area contributed by atoms with Gasteiger partial charge in [-0.1, -0.05) is 37.3 Å². The Morgan fingerprint density at radius 3 is 2.60 bits per heavy atom. The van der Waals surface area contributed by atoms with Crippen molar-refractivity contribution in [2.45, 2.75) is 11.8 Å². The Balaban J connectivity index is 2.42. The minimum atomic E-state index is -1.09. The van der Waals surface area contributed by atoms with Crippen LogP contribution in [0.2, 0.25) is 0 Å². The lowest BCUT2D eigenvalue weighted by molar-refractivity contribution is 0.674. The summed E-state index contributed by atoms with van der Waals surface area (Å²) >= 11 is 0. The average molecular weight is 219 g/mol. The maximum atomic E-state index is 11.7. The highest BCUT2D eigenvalue weighted by Crippen LogP contribution is 2.17. The molecule has 1 atom stereocenters. The molecule has 1 N–H and O–H groups in total. The molecule has 1 unspecified atom stereocenters. The minimum Gasteiger partial charge on any atom is -0.238 e. The topological polar surface area (TPSA) is 29.1 Å². The van der Waals surface area contributed by atoms with Gasteiger partial charge in [0.05, 0.1) is 4.90 Å². The van der Waals surface area contributed by atoms with Crippen molar-refractivity contribution in [3.8, 4) is 0 Å². The standard InChI is InChI=1S/C12H13NOS/c1-2-13-15(14)12-8-7-10-5-3-4-6-11(10)9-12/h3-9,13H,2H2,1H3. The number of benzene rings is 2. The molecule has 0 radical (unpaired) electrons. The van der Waals surface area contributed by atoms with E-state index in [1.807, 2.05) is 43.3 Å². The Morgan fingerprint density at radius 2 is 1.87 bits per heavy atom. The molecule has 0 saturated heterocycles. The van der Waals surface area contributed by atoms with Crippen molar-refractivity contribution in [2.24, 2.45) is 0 Å². The second-order valence-corrected chi connectivity index (χ2v) is 4.57. The Labute approximate surface area is 91.9 Å². The van der Waals surface area contributed by atoms with Crippen molar-refractivity contribution in [3.05, 3.63) is 42.5 Å². The smallest absolute Gasteiger partial charge is 0.124 e. The lowest BCUT2D eigenvalue weighted by Crippen LogP contribution is -2.16. The van der Waals surface area contributed by atoms with Crippen LogP contribution < -0.4 is 4.72 Å². The maximum Gasteiger partial charge on any atom is 0.124 e. The molecule has 2 nitrogen and oxygen atoms in total. The summed E-state index contributed by atoms with van der Waals surface area (Å²) in [6.45, 7) is 2.65. The highest BCUT2D eigenvalue weighted by atomic mass is 32.2. The van der Waals surface area contributed by atoms with Gasteiger partial charge >= 0.3 is 0 Å². The second-order valence-electron chi connectivity index (χ2n) is 3.28. The summed E-state index contributed by atoms with van der Waals surface area (Å²) in [4.78, 5) is 0.829. The summed E-state index contributed by atoms with van der Waals surface area (Å²) < 4.78 is 14.6. The van der Waals surface area contributed by atoms with Gasteiger partial charge in [0.1, 0.15) is 11.0 Å². The van der Waals surface area contributed by atoms with Crippen molar-refractivity contribution >= 4 is 21.8 Å². The lowest BCUT2D eigenvalue weighted by Gasteiger charge is -2.03. The van der Waals surface area contributed by atoms with Crippen molar-refractivity contribution in [2.75, 3.05) is 6.54 Å². The predicted molar refractivity (Wildman–Crippen MR) is 64.0 cm³/mol. The zero-order chi connectivity index (χ0) is 10.7. The molecule has 0 bridgehead atoms. The zero-order valence-electron chi connectivity index (χ0n) is 8.57. The van der Waals surface area contributed by atoms with Crippen LogP contribution in [0.3, 0.4) is 0 Å². The van der Waals surface area contributed by atoms with E-state index in [1.165, 1.54) is 5.39 Å². The van der Waals surface area contributed by atoms with Crippen LogP contribution >= 0.6 is 0 Å². The summed E-state index contributed by atoms with van der Waals surface area (Å²) in [5.41, 5.74) is 0. The first-order chi connectivity index (χ1) is 7.31. The van der Waals surface area contributed by atoms with Crippen LogP contribution in [0.15, 0.2) is 47.4 Å². The molecule has 0 aliphatic rings. The van der Waals surface area contributed by atoms with Gasteiger partial charge < -0.3 is 0 Å². The fourth-order valence-electron chi connectivity index (χ4n) is 1.50. The quantitative estimate of drug-likeness (QED) is 0.844. The van der Waals surface area contributed by atoms with Crippen molar-refractivity contribution in [1.29, 1.82) is 0 Å². The minimum absolute atomic E-state index is 0.708. The normalized spacial score (nSPS) is 12.9. The molecule has 0 amide bonds. The van der Waals surface area contributed by atoms with Gasteiger partial charge in [-0.2, -0.15) is 0 Å². The van der Waals surface area contributed by atoms with E-state index < -0.39 is 11.0 Å². The third kappa shape index (κ3) is 2.25. The molecule has 0 spiro atoms. The first-order valence-corrected chi connectivity index (χ1v) is 6.10. The predicted octanol–water partition coefficient (Wildman–Crippen LogP) is 2.47. The molecule has 0 aliphatic heterocycles. The van der Waals surface area contributed by atoms with E-state index in [1.54, 1.807) is 0 Å². The molecule has 0 saturated carbocycles. The largest absolute Gasteiger partial charge is 0.238 e. The third-order valence-corrected chi connectivity index (χ3v) is 3.44. The fraction of sp³-hybridized carbons (Fsp3) is 0.167. The second kappa shape index (κ2) is 4.55. The molecular formula is C12H13NOS. The van der Waals surface area contributed by atoms with Gasteiger partial charge in [0.15, 0.2) is 0 Å². The lowest BCUT2D eigenvalue weighted by atomic mass is 10.1. The number of fused-ring (bicyclic) bond motifs is 1. The number of hydrogen-bond acceptors (Lipinski definition) is 1. The SMILES string of the molecule is CCNS(=O)c1ccc2ccccc2c1. The van der Waals surface area contributed by atoms with Crippen LogP contribution in [0, 0.1) is 0 Å². The van der Waals surface area contributed by atoms with Crippen LogP contribution in [0.5, 0.6) is 0 Å². The Morgan fingerprint density at radius 1 is 1.13 bits per heavy atom. The van der Waals surface area contributed by atoms with Gasteiger partial charge in [-0.15, -0.1) is 0 Å². The zero-order valence-corrected chi connectivity index (χ0v) is 9.38. The average Bonchev–Trinajstić information content (AvgIpc) is 2.29. The molecule has 2 aromatic rings. The van der Waals surface area contributed by atoms with E-state index in [9.17, 15) is 4.21 Å². The number of rotatable bonds is 3. The summed E-state index contributed by atoms with van der Waals surface area (Å²) in [7, 11) is -1.09. The molecule has 3 heteroatoms. The van der Waals surface area contributed by atoms with Gasteiger partial charge in [-0.25, -0.2) is 8.93 Å². The summed E-state index contributed by atoms with van der Waals surface area (Å²) in [5, 5.41) is 2.30.